The minimum Gasteiger partial charge on any atom is -0.361 e. The first kappa shape index (κ1) is 21.6. The van der Waals surface area contributed by atoms with Crippen molar-refractivity contribution in [2.24, 2.45) is 0 Å². The van der Waals surface area contributed by atoms with Crippen LogP contribution in [-0.2, 0) is 0 Å². The minimum absolute atomic E-state index is 0.210. The van der Waals surface area contributed by atoms with E-state index in [1.165, 1.54) is 11.1 Å². The number of nitrogens with one attached hydrogen (secondary N) is 2. The molecule has 0 saturated carbocycles. The van der Waals surface area contributed by atoms with E-state index in [0.717, 1.165) is 24.4 Å². The maximum absolute atomic E-state index is 9.81. The van der Waals surface area contributed by atoms with E-state index in [2.05, 4.69) is 87.3 Å². The summed E-state index contributed by atoms with van der Waals surface area (Å²) in [7, 11) is 0. The number of dihydropyridines is 1. The molecule has 3 heterocycles. The van der Waals surface area contributed by atoms with Gasteiger partial charge >= 0.3 is 0 Å². The molecular formula is C28H26N6. The van der Waals surface area contributed by atoms with Gasteiger partial charge in [-0.15, -0.1) is 0 Å². The van der Waals surface area contributed by atoms with Crippen LogP contribution in [0.2, 0.25) is 0 Å². The Balaban J connectivity index is 1.33. The summed E-state index contributed by atoms with van der Waals surface area (Å²) < 4.78 is 0. The fourth-order valence-corrected chi connectivity index (χ4v) is 4.44. The number of anilines is 1. The Kier molecular flexibility index (Phi) is 6.19. The minimum atomic E-state index is 0.210. The van der Waals surface area contributed by atoms with Crippen molar-refractivity contribution < 1.29 is 0 Å². The summed E-state index contributed by atoms with van der Waals surface area (Å²) in [4.78, 5) is 11.7. The van der Waals surface area contributed by atoms with Crippen molar-refractivity contribution in [3.63, 3.8) is 0 Å². The molecule has 0 spiro atoms. The molecule has 6 nitrogen and oxygen atoms in total. The highest BCUT2D eigenvalue weighted by Gasteiger charge is 2.34. The van der Waals surface area contributed by atoms with Gasteiger partial charge in [0.2, 0.25) is 5.95 Å². The molecule has 2 aromatic carbocycles. The summed E-state index contributed by atoms with van der Waals surface area (Å²) in [5, 5.41) is 16.4. The van der Waals surface area contributed by atoms with E-state index < -0.39 is 0 Å². The van der Waals surface area contributed by atoms with Crippen LogP contribution in [-0.4, -0.2) is 34.0 Å². The van der Waals surface area contributed by atoms with E-state index in [0.29, 0.717) is 17.2 Å². The topological polar surface area (TPSA) is 76.9 Å². The van der Waals surface area contributed by atoms with Gasteiger partial charge in [0.25, 0.3) is 0 Å². The van der Waals surface area contributed by atoms with Gasteiger partial charge in [0.05, 0.1) is 23.5 Å². The van der Waals surface area contributed by atoms with Crippen LogP contribution in [0.25, 0.3) is 5.57 Å². The molecule has 1 fully saturated rings. The maximum Gasteiger partial charge on any atom is 0.223 e. The van der Waals surface area contributed by atoms with Crippen molar-refractivity contribution in [1.29, 1.82) is 5.26 Å². The van der Waals surface area contributed by atoms with Crippen molar-refractivity contribution in [3.05, 3.63) is 119 Å². The Labute approximate surface area is 200 Å². The van der Waals surface area contributed by atoms with Crippen LogP contribution in [0.15, 0.2) is 97.0 Å². The molecule has 3 aromatic rings. The fourth-order valence-electron chi connectivity index (χ4n) is 4.44. The van der Waals surface area contributed by atoms with Crippen molar-refractivity contribution in [2.75, 3.05) is 18.4 Å². The number of aromatic nitrogens is 2. The Morgan fingerprint density at radius 2 is 1.74 bits per heavy atom. The molecule has 0 unspecified atom stereocenters. The number of aryl methyl sites for hydroxylation is 1. The first-order chi connectivity index (χ1) is 16.7. The lowest BCUT2D eigenvalue weighted by atomic mass is 9.93. The monoisotopic (exact) mass is 446 g/mol. The van der Waals surface area contributed by atoms with Crippen molar-refractivity contribution in [1.82, 2.24) is 20.2 Å². The van der Waals surface area contributed by atoms with Crippen molar-refractivity contribution >= 4 is 11.5 Å². The van der Waals surface area contributed by atoms with E-state index in [4.69, 9.17) is 4.98 Å². The molecule has 0 atom stereocenters. The van der Waals surface area contributed by atoms with E-state index >= 15 is 0 Å². The van der Waals surface area contributed by atoms with E-state index in [-0.39, 0.29) is 12.1 Å². The van der Waals surface area contributed by atoms with Gasteiger partial charge in [-0.2, -0.15) is 5.26 Å². The largest absolute Gasteiger partial charge is 0.361 e. The van der Waals surface area contributed by atoms with E-state index in [9.17, 15) is 5.26 Å². The van der Waals surface area contributed by atoms with Crippen LogP contribution in [0, 0.1) is 18.3 Å². The number of nitriles is 1. The molecule has 1 saturated heterocycles. The molecule has 2 aliphatic rings. The number of nitrogens with zero attached hydrogens (tertiary/aromatic N) is 4. The predicted molar refractivity (Wildman–Crippen MR) is 134 cm³/mol. The zero-order valence-corrected chi connectivity index (χ0v) is 19.0. The SMILES string of the molecule is Cc1cnc(NC2CN(C(c3ccccc3)c3ccccc3)C2)nc1/C(C#N)=C1/C=CC=CN1. The molecule has 0 radical (unpaired) electrons. The maximum atomic E-state index is 9.81. The lowest BCUT2D eigenvalue weighted by Crippen LogP contribution is -2.56. The average Bonchev–Trinajstić information content (AvgIpc) is 2.87. The van der Waals surface area contributed by atoms with E-state index in [1.54, 1.807) is 12.4 Å². The molecular weight excluding hydrogens is 420 g/mol. The van der Waals surface area contributed by atoms with Gasteiger partial charge in [0, 0.05) is 25.5 Å². The summed E-state index contributed by atoms with van der Waals surface area (Å²) in [5.74, 6) is 0.546. The average molecular weight is 447 g/mol. The quantitative estimate of drug-likeness (QED) is 0.540. The van der Waals surface area contributed by atoms with Crippen LogP contribution in [0.4, 0.5) is 5.95 Å². The van der Waals surface area contributed by atoms with Crippen LogP contribution >= 0.6 is 0 Å². The third-order valence-electron chi connectivity index (χ3n) is 6.14. The lowest BCUT2D eigenvalue weighted by molar-refractivity contribution is 0.123. The number of allylic oxidation sites excluding steroid dienone is 4. The van der Waals surface area contributed by atoms with Crippen LogP contribution in [0.5, 0.6) is 0 Å². The van der Waals surface area contributed by atoms with Gasteiger partial charge in [-0.3, -0.25) is 4.90 Å². The lowest BCUT2D eigenvalue weighted by Gasteiger charge is -2.45. The molecule has 6 heteroatoms. The number of rotatable bonds is 6. The second-order valence-corrected chi connectivity index (χ2v) is 8.51. The van der Waals surface area contributed by atoms with Gasteiger partial charge in [-0.1, -0.05) is 66.7 Å². The van der Waals surface area contributed by atoms with Gasteiger partial charge < -0.3 is 10.6 Å². The fraction of sp³-hybridized carbons (Fsp3) is 0.179. The van der Waals surface area contributed by atoms with Crippen molar-refractivity contribution in [3.8, 4) is 6.07 Å². The highest BCUT2D eigenvalue weighted by molar-refractivity contribution is 5.81. The molecule has 5 rings (SSSR count). The first-order valence-corrected chi connectivity index (χ1v) is 11.4. The van der Waals surface area contributed by atoms with Crippen LogP contribution < -0.4 is 10.6 Å². The highest BCUT2D eigenvalue weighted by atomic mass is 15.3. The number of likely N-dealkylation sites (tertiary alicyclic amines) is 1. The van der Waals surface area contributed by atoms with Crippen molar-refractivity contribution in [2.45, 2.75) is 19.0 Å². The summed E-state index contributed by atoms with van der Waals surface area (Å²) in [5.41, 5.74) is 5.32. The predicted octanol–water partition coefficient (Wildman–Crippen LogP) is 4.58. The molecule has 34 heavy (non-hydrogen) atoms. The zero-order chi connectivity index (χ0) is 23.3. The summed E-state index contributed by atoms with van der Waals surface area (Å²) in [6.45, 7) is 3.68. The molecule has 168 valence electrons. The normalized spacial score (nSPS) is 17.1. The van der Waals surface area contributed by atoms with Gasteiger partial charge in [0.15, 0.2) is 0 Å². The van der Waals surface area contributed by atoms with Gasteiger partial charge in [0.1, 0.15) is 11.6 Å². The number of hydrogen-bond acceptors (Lipinski definition) is 6. The molecule has 2 aliphatic heterocycles. The zero-order valence-electron chi connectivity index (χ0n) is 19.0. The van der Waals surface area contributed by atoms with Crippen LogP contribution in [0.3, 0.4) is 0 Å². The smallest absolute Gasteiger partial charge is 0.223 e. The molecule has 0 aliphatic carbocycles. The molecule has 0 amide bonds. The number of hydrogen-bond donors (Lipinski definition) is 2. The Hall–Kier alpha value is -4.21. The summed E-state index contributed by atoms with van der Waals surface area (Å²) >= 11 is 0. The first-order valence-electron chi connectivity index (χ1n) is 11.4. The van der Waals surface area contributed by atoms with Crippen LogP contribution in [0.1, 0.15) is 28.4 Å². The van der Waals surface area contributed by atoms with E-state index in [1.807, 2.05) is 25.2 Å². The van der Waals surface area contributed by atoms with Gasteiger partial charge in [-0.05, 0) is 35.8 Å². The molecule has 2 N–H and O–H groups in total. The summed E-state index contributed by atoms with van der Waals surface area (Å²) in [6.07, 6.45) is 9.25. The molecule has 1 aromatic heterocycles. The Morgan fingerprint density at radius 3 is 2.32 bits per heavy atom. The Bertz CT molecular complexity index is 1240. The third kappa shape index (κ3) is 4.47. The molecule has 0 bridgehead atoms. The van der Waals surface area contributed by atoms with Gasteiger partial charge in [-0.25, -0.2) is 9.97 Å². The number of benzene rings is 2. The summed E-state index contributed by atoms with van der Waals surface area (Å²) in [6, 6.07) is 24.0. The second-order valence-electron chi connectivity index (χ2n) is 8.51. The standard InChI is InChI=1S/C28H26N6/c1-20-17-31-28(33-26(20)24(16-29)25-14-8-9-15-30-25)32-23-18-34(19-23)27(21-10-4-2-5-11-21)22-12-6-3-7-13-22/h2-15,17,23,27,30H,18-19H2,1H3,(H,31,32,33)/b25-24-. The third-order valence-corrected chi connectivity index (χ3v) is 6.14. The Morgan fingerprint density at radius 1 is 1.06 bits per heavy atom. The second kappa shape index (κ2) is 9.74. The highest BCUT2D eigenvalue weighted by Crippen LogP contribution is 2.33.